The summed E-state index contributed by atoms with van der Waals surface area (Å²) in [6.45, 7) is 3.73. The summed E-state index contributed by atoms with van der Waals surface area (Å²) in [6.07, 6.45) is -0.360. The standard InChI is InChI=1S/C17H21N5O4S/c1-3-26-17(25)22-8-6-21(7-9-22)16(24)12-11-14(20(2)19-12)18-15(23)13-5-4-10-27-13/h4-5,10-11H,3,6-9H2,1-2H3,(H,18,23). The Morgan fingerprint density at radius 2 is 1.93 bits per heavy atom. The van der Waals surface area contributed by atoms with E-state index in [9.17, 15) is 14.4 Å². The minimum absolute atomic E-state index is 0.231. The number of hydrogen-bond donors (Lipinski definition) is 1. The Morgan fingerprint density at radius 3 is 2.56 bits per heavy atom. The Morgan fingerprint density at radius 1 is 1.22 bits per heavy atom. The molecule has 2 aromatic heterocycles. The van der Waals surface area contributed by atoms with Gasteiger partial charge in [0.25, 0.3) is 11.8 Å². The van der Waals surface area contributed by atoms with Crippen molar-refractivity contribution in [3.05, 3.63) is 34.2 Å². The Labute approximate surface area is 160 Å². The van der Waals surface area contributed by atoms with E-state index in [1.54, 1.807) is 42.0 Å². The zero-order valence-electron chi connectivity index (χ0n) is 15.2. The van der Waals surface area contributed by atoms with Gasteiger partial charge in [0, 0.05) is 39.3 Å². The molecule has 10 heteroatoms. The normalized spacial score (nSPS) is 14.1. The van der Waals surface area contributed by atoms with Gasteiger partial charge >= 0.3 is 6.09 Å². The van der Waals surface area contributed by atoms with Crippen molar-refractivity contribution in [2.45, 2.75) is 6.92 Å². The molecule has 3 rings (SSSR count). The second-order valence-corrected chi connectivity index (χ2v) is 6.90. The second-order valence-electron chi connectivity index (χ2n) is 5.95. The zero-order valence-corrected chi connectivity index (χ0v) is 16.0. The summed E-state index contributed by atoms with van der Waals surface area (Å²) >= 11 is 1.34. The molecule has 0 bridgehead atoms. The molecule has 144 valence electrons. The van der Waals surface area contributed by atoms with Crippen molar-refractivity contribution in [2.75, 3.05) is 38.1 Å². The predicted octanol–water partition coefficient (Wildman–Crippen LogP) is 1.65. The first kappa shape index (κ1) is 18.9. The molecule has 1 fully saturated rings. The molecule has 27 heavy (non-hydrogen) atoms. The molecule has 2 aromatic rings. The second kappa shape index (κ2) is 8.21. The van der Waals surface area contributed by atoms with Crippen LogP contribution in [-0.4, -0.2) is 70.3 Å². The number of carbonyl (C=O) groups is 3. The van der Waals surface area contributed by atoms with E-state index in [4.69, 9.17) is 4.74 Å². The van der Waals surface area contributed by atoms with E-state index in [2.05, 4.69) is 10.4 Å². The lowest BCUT2D eigenvalue weighted by Gasteiger charge is -2.33. The van der Waals surface area contributed by atoms with Crippen molar-refractivity contribution in [1.82, 2.24) is 19.6 Å². The fourth-order valence-corrected chi connectivity index (χ4v) is 3.36. The van der Waals surface area contributed by atoms with E-state index in [-0.39, 0.29) is 23.6 Å². The minimum atomic E-state index is -0.360. The number of hydrogen-bond acceptors (Lipinski definition) is 6. The van der Waals surface area contributed by atoms with E-state index in [0.717, 1.165) is 0 Å². The van der Waals surface area contributed by atoms with Crippen molar-refractivity contribution >= 4 is 35.1 Å². The van der Waals surface area contributed by atoms with Crippen LogP contribution in [0.25, 0.3) is 0 Å². The van der Waals surface area contributed by atoms with Gasteiger partial charge in [0.15, 0.2) is 5.69 Å². The number of carbonyl (C=O) groups excluding carboxylic acids is 3. The van der Waals surface area contributed by atoms with Crippen LogP contribution in [-0.2, 0) is 11.8 Å². The lowest BCUT2D eigenvalue weighted by molar-refractivity contribution is 0.0565. The van der Waals surface area contributed by atoms with Gasteiger partial charge < -0.3 is 19.9 Å². The van der Waals surface area contributed by atoms with Crippen molar-refractivity contribution < 1.29 is 19.1 Å². The van der Waals surface area contributed by atoms with E-state index < -0.39 is 0 Å². The molecule has 0 atom stereocenters. The average Bonchev–Trinajstić information content (AvgIpc) is 3.32. The molecule has 0 unspecified atom stereocenters. The molecule has 9 nitrogen and oxygen atoms in total. The molecular formula is C17H21N5O4S. The number of nitrogens with zero attached hydrogens (tertiary/aromatic N) is 4. The van der Waals surface area contributed by atoms with Gasteiger partial charge in [-0.1, -0.05) is 6.07 Å². The SMILES string of the molecule is CCOC(=O)N1CCN(C(=O)c2cc(NC(=O)c3cccs3)n(C)n2)CC1. The Balaban J connectivity index is 1.61. The number of nitrogens with one attached hydrogen (secondary N) is 1. The number of ether oxygens (including phenoxy) is 1. The molecular weight excluding hydrogens is 370 g/mol. The summed E-state index contributed by atoms with van der Waals surface area (Å²) in [6, 6.07) is 5.09. The molecule has 0 aromatic carbocycles. The lowest BCUT2D eigenvalue weighted by atomic mass is 10.3. The van der Waals surface area contributed by atoms with Crippen LogP contribution >= 0.6 is 11.3 Å². The summed E-state index contributed by atoms with van der Waals surface area (Å²) in [5.41, 5.74) is 0.253. The van der Waals surface area contributed by atoms with Crippen molar-refractivity contribution in [3.63, 3.8) is 0 Å². The number of amides is 3. The number of anilines is 1. The fraction of sp³-hybridized carbons (Fsp3) is 0.412. The van der Waals surface area contributed by atoms with E-state index in [1.807, 2.05) is 5.38 Å². The molecule has 1 aliphatic rings. The quantitative estimate of drug-likeness (QED) is 0.855. The van der Waals surface area contributed by atoms with Crippen LogP contribution in [0.3, 0.4) is 0 Å². The highest BCUT2D eigenvalue weighted by atomic mass is 32.1. The van der Waals surface area contributed by atoms with Crippen LogP contribution in [0.15, 0.2) is 23.6 Å². The molecule has 3 amide bonds. The summed E-state index contributed by atoms with van der Waals surface area (Å²) in [7, 11) is 1.67. The van der Waals surface area contributed by atoms with Gasteiger partial charge in [-0.15, -0.1) is 11.3 Å². The number of rotatable bonds is 4. The van der Waals surface area contributed by atoms with E-state index in [0.29, 0.717) is 43.5 Å². The van der Waals surface area contributed by atoms with Gasteiger partial charge in [0.2, 0.25) is 0 Å². The molecule has 3 heterocycles. The average molecular weight is 391 g/mol. The third-order valence-corrected chi connectivity index (χ3v) is 5.05. The minimum Gasteiger partial charge on any atom is -0.450 e. The number of piperazine rings is 1. The maximum atomic E-state index is 12.7. The first-order valence-electron chi connectivity index (χ1n) is 8.59. The van der Waals surface area contributed by atoms with Gasteiger partial charge in [0.1, 0.15) is 5.82 Å². The van der Waals surface area contributed by atoms with Crippen LogP contribution in [0.4, 0.5) is 10.6 Å². The number of aryl methyl sites for hydroxylation is 1. The first-order valence-corrected chi connectivity index (χ1v) is 9.47. The predicted molar refractivity (Wildman–Crippen MR) is 100.0 cm³/mol. The van der Waals surface area contributed by atoms with Crippen molar-refractivity contribution in [1.29, 1.82) is 0 Å². The van der Waals surface area contributed by atoms with Gasteiger partial charge in [-0.05, 0) is 18.4 Å². The van der Waals surface area contributed by atoms with E-state index >= 15 is 0 Å². The van der Waals surface area contributed by atoms with Crippen LogP contribution in [0.2, 0.25) is 0 Å². The fourth-order valence-electron chi connectivity index (χ4n) is 2.74. The number of thiophene rings is 1. The zero-order chi connectivity index (χ0) is 19.4. The highest BCUT2D eigenvalue weighted by Crippen LogP contribution is 2.16. The Hall–Kier alpha value is -2.88. The third-order valence-electron chi connectivity index (χ3n) is 4.18. The molecule has 0 radical (unpaired) electrons. The summed E-state index contributed by atoms with van der Waals surface area (Å²) in [5, 5.41) is 8.79. The van der Waals surface area contributed by atoms with E-state index in [1.165, 1.54) is 16.0 Å². The Bertz CT molecular complexity index is 825. The van der Waals surface area contributed by atoms with Crippen LogP contribution in [0.1, 0.15) is 27.1 Å². The summed E-state index contributed by atoms with van der Waals surface area (Å²) < 4.78 is 6.44. The van der Waals surface area contributed by atoms with Gasteiger partial charge in [-0.3, -0.25) is 14.3 Å². The maximum Gasteiger partial charge on any atom is 0.409 e. The van der Waals surface area contributed by atoms with Gasteiger partial charge in [0.05, 0.1) is 11.5 Å². The molecule has 0 saturated carbocycles. The summed E-state index contributed by atoms with van der Waals surface area (Å²) in [4.78, 5) is 40.4. The highest BCUT2D eigenvalue weighted by Gasteiger charge is 2.27. The summed E-state index contributed by atoms with van der Waals surface area (Å²) in [5.74, 6) is -0.0253. The first-order chi connectivity index (χ1) is 13.0. The van der Waals surface area contributed by atoms with Crippen molar-refractivity contribution in [3.8, 4) is 0 Å². The van der Waals surface area contributed by atoms with Crippen LogP contribution < -0.4 is 5.32 Å². The number of aromatic nitrogens is 2. The molecule has 0 spiro atoms. The van der Waals surface area contributed by atoms with Gasteiger partial charge in [-0.2, -0.15) is 5.10 Å². The smallest absolute Gasteiger partial charge is 0.409 e. The largest absolute Gasteiger partial charge is 0.450 e. The van der Waals surface area contributed by atoms with Gasteiger partial charge in [-0.25, -0.2) is 4.79 Å². The van der Waals surface area contributed by atoms with Crippen LogP contribution in [0, 0.1) is 0 Å². The maximum absolute atomic E-state index is 12.7. The molecule has 1 aliphatic heterocycles. The highest BCUT2D eigenvalue weighted by molar-refractivity contribution is 7.12. The third kappa shape index (κ3) is 4.27. The topological polar surface area (TPSA) is 96.8 Å². The lowest BCUT2D eigenvalue weighted by Crippen LogP contribution is -2.50. The molecule has 1 saturated heterocycles. The molecule has 1 N–H and O–H groups in total. The van der Waals surface area contributed by atoms with Crippen molar-refractivity contribution in [2.24, 2.45) is 7.05 Å². The monoisotopic (exact) mass is 391 g/mol. The Kier molecular flexibility index (Phi) is 5.75. The molecule has 0 aliphatic carbocycles. The van der Waals surface area contributed by atoms with Crippen LogP contribution in [0.5, 0.6) is 0 Å².